The Kier molecular flexibility index (Phi) is 4.53. The molecular weight excluding hydrogens is 303 g/mol. The maximum Gasteiger partial charge on any atom is 0.251 e. The van der Waals surface area contributed by atoms with Crippen LogP contribution >= 0.6 is 22.6 Å². The van der Waals surface area contributed by atoms with E-state index in [4.69, 9.17) is 5.73 Å². The van der Waals surface area contributed by atoms with E-state index >= 15 is 0 Å². The Balaban J connectivity index is 2.87. The Labute approximate surface area is 104 Å². The summed E-state index contributed by atoms with van der Waals surface area (Å²) in [6.07, 6.45) is 0. The Morgan fingerprint density at radius 3 is 2.87 bits per heavy atom. The number of carbonyl (C=O) groups is 1. The molecule has 0 bridgehead atoms. The molecule has 1 amide bonds. The monoisotopic (exact) mass is 318 g/mol. The molecule has 3 nitrogen and oxygen atoms in total. The van der Waals surface area contributed by atoms with Crippen molar-refractivity contribution in [2.45, 2.75) is 19.9 Å². The molecule has 4 heteroatoms. The first-order valence-electron chi connectivity index (χ1n) is 4.82. The number of carbonyl (C=O) groups excluding carboxylic acids is 1. The fourth-order valence-corrected chi connectivity index (χ4v) is 1.71. The van der Waals surface area contributed by atoms with Gasteiger partial charge < -0.3 is 11.1 Å². The summed E-state index contributed by atoms with van der Waals surface area (Å²) in [5.74, 6) is -0.0519. The second kappa shape index (κ2) is 5.46. The van der Waals surface area contributed by atoms with Crippen LogP contribution in [0.2, 0.25) is 0 Å². The quantitative estimate of drug-likeness (QED) is 0.833. The fourth-order valence-electron chi connectivity index (χ4n) is 1.21. The molecule has 0 aromatic heterocycles. The standard InChI is InChI=1S/C11H15IN2O/c1-7(6-13)14-11(15)9-4-3-5-10(12)8(9)2/h3-5,7H,6,13H2,1-2H3,(H,14,15)/t7-/m1/s1. The summed E-state index contributed by atoms with van der Waals surface area (Å²) >= 11 is 2.22. The molecule has 0 aliphatic heterocycles. The Morgan fingerprint density at radius 1 is 1.60 bits per heavy atom. The van der Waals surface area contributed by atoms with Crippen LogP contribution in [0.3, 0.4) is 0 Å². The Morgan fingerprint density at radius 2 is 2.27 bits per heavy atom. The van der Waals surface area contributed by atoms with Gasteiger partial charge in [0.1, 0.15) is 0 Å². The summed E-state index contributed by atoms with van der Waals surface area (Å²) in [5, 5.41) is 2.85. The van der Waals surface area contributed by atoms with Crippen molar-refractivity contribution in [2.75, 3.05) is 6.54 Å². The SMILES string of the molecule is Cc1c(I)cccc1C(=O)N[C@H](C)CN. The van der Waals surface area contributed by atoms with E-state index in [2.05, 4.69) is 27.9 Å². The molecule has 0 fully saturated rings. The van der Waals surface area contributed by atoms with Crippen LogP contribution in [-0.4, -0.2) is 18.5 Å². The number of amides is 1. The molecule has 1 aromatic rings. The molecule has 1 atom stereocenters. The van der Waals surface area contributed by atoms with E-state index in [1.165, 1.54) is 0 Å². The zero-order chi connectivity index (χ0) is 11.4. The summed E-state index contributed by atoms with van der Waals surface area (Å²) in [4.78, 5) is 11.8. The molecule has 0 saturated carbocycles. The number of nitrogens with two attached hydrogens (primary N) is 1. The van der Waals surface area contributed by atoms with Crippen LogP contribution in [0.25, 0.3) is 0 Å². The lowest BCUT2D eigenvalue weighted by molar-refractivity contribution is 0.0940. The summed E-state index contributed by atoms with van der Waals surface area (Å²) < 4.78 is 1.10. The molecule has 0 aliphatic carbocycles. The van der Waals surface area contributed by atoms with Crippen molar-refractivity contribution in [1.29, 1.82) is 0 Å². The lowest BCUT2D eigenvalue weighted by atomic mass is 10.1. The highest BCUT2D eigenvalue weighted by atomic mass is 127. The largest absolute Gasteiger partial charge is 0.348 e. The van der Waals surface area contributed by atoms with E-state index in [0.29, 0.717) is 6.54 Å². The van der Waals surface area contributed by atoms with E-state index in [-0.39, 0.29) is 11.9 Å². The summed E-state index contributed by atoms with van der Waals surface area (Å²) in [6, 6.07) is 5.71. The average molecular weight is 318 g/mol. The molecule has 1 rings (SSSR count). The maximum atomic E-state index is 11.8. The predicted molar refractivity (Wildman–Crippen MR) is 69.9 cm³/mol. The van der Waals surface area contributed by atoms with Crippen LogP contribution < -0.4 is 11.1 Å². The minimum Gasteiger partial charge on any atom is -0.348 e. The van der Waals surface area contributed by atoms with Crippen LogP contribution in [0.15, 0.2) is 18.2 Å². The minimum absolute atomic E-state index is 0.00904. The first-order valence-corrected chi connectivity index (χ1v) is 5.90. The third-order valence-electron chi connectivity index (χ3n) is 2.24. The van der Waals surface area contributed by atoms with Gasteiger partial charge in [-0.3, -0.25) is 4.79 Å². The molecular formula is C11H15IN2O. The van der Waals surface area contributed by atoms with E-state index in [9.17, 15) is 4.79 Å². The number of benzene rings is 1. The molecule has 3 N–H and O–H groups in total. The molecule has 0 unspecified atom stereocenters. The van der Waals surface area contributed by atoms with E-state index in [1.54, 1.807) is 0 Å². The lowest BCUT2D eigenvalue weighted by Gasteiger charge is -2.13. The number of hydrogen-bond acceptors (Lipinski definition) is 2. The normalized spacial score (nSPS) is 12.3. The smallest absolute Gasteiger partial charge is 0.251 e. The van der Waals surface area contributed by atoms with E-state index in [1.807, 2.05) is 32.0 Å². The van der Waals surface area contributed by atoms with Crippen LogP contribution in [0, 0.1) is 10.5 Å². The van der Waals surface area contributed by atoms with Gasteiger partial charge in [-0.05, 0) is 54.1 Å². The number of rotatable bonds is 3. The lowest BCUT2D eigenvalue weighted by Crippen LogP contribution is -2.38. The fraction of sp³-hybridized carbons (Fsp3) is 0.364. The summed E-state index contributed by atoms with van der Waals surface area (Å²) in [5.41, 5.74) is 7.19. The highest BCUT2D eigenvalue weighted by Gasteiger charge is 2.11. The molecule has 82 valence electrons. The molecule has 0 radical (unpaired) electrons. The molecule has 1 aromatic carbocycles. The van der Waals surface area contributed by atoms with Crippen LogP contribution in [-0.2, 0) is 0 Å². The van der Waals surface area contributed by atoms with Gasteiger partial charge in [0, 0.05) is 21.7 Å². The highest BCUT2D eigenvalue weighted by molar-refractivity contribution is 14.1. The molecule has 0 aliphatic rings. The van der Waals surface area contributed by atoms with Gasteiger partial charge in [-0.25, -0.2) is 0 Å². The molecule has 0 spiro atoms. The van der Waals surface area contributed by atoms with Crippen molar-refractivity contribution in [3.8, 4) is 0 Å². The van der Waals surface area contributed by atoms with Gasteiger partial charge >= 0.3 is 0 Å². The summed E-state index contributed by atoms with van der Waals surface area (Å²) in [6.45, 7) is 4.29. The van der Waals surface area contributed by atoms with Crippen LogP contribution in [0.4, 0.5) is 0 Å². The van der Waals surface area contributed by atoms with Gasteiger partial charge in [0.25, 0.3) is 5.91 Å². The van der Waals surface area contributed by atoms with Crippen molar-refractivity contribution in [3.63, 3.8) is 0 Å². The van der Waals surface area contributed by atoms with Gasteiger partial charge in [-0.2, -0.15) is 0 Å². The summed E-state index contributed by atoms with van der Waals surface area (Å²) in [7, 11) is 0. The zero-order valence-electron chi connectivity index (χ0n) is 8.88. The van der Waals surface area contributed by atoms with Gasteiger partial charge in [-0.1, -0.05) is 6.07 Å². The second-order valence-corrected chi connectivity index (χ2v) is 4.68. The van der Waals surface area contributed by atoms with Gasteiger partial charge in [0.05, 0.1) is 0 Å². The topological polar surface area (TPSA) is 55.1 Å². The van der Waals surface area contributed by atoms with Crippen LogP contribution in [0.5, 0.6) is 0 Å². The van der Waals surface area contributed by atoms with Crippen molar-refractivity contribution in [1.82, 2.24) is 5.32 Å². The third-order valence-corrected chi connectivity index (χ3v) is 3.41. The molecule has 15 heavy (non-hydrogen) atoms. The molecule has 0 heterocycles. The highest BCUT2D eigenvalue weighted by Crippen LogP contribution is 2.15. The first-order chi connectivity index (χ1) is 7.06. The number of halogens is 1. The number of nitrogens with one attached hydrogen (secondary N) is 1. The van der Waals surface area contributed by atoms with Gasteiger partial charge in [0.15, 0.2) is 0 Å². The maximum absolute atomic E-state index is 11.8. The minimum atomic E-state index is -0.0519. The van der Waals surface area contributed by atoms with E-state index < -0.39 is 0 Å². The van der Waals surface area contributed by atoms with Crippen molar-refractivity contribution >= 4 is 28.5 Å². The average Bonchev–Trinajstić information content (AvgIpc) is 2.21. The predicted octanol–water partition coefficient (Wildman–Crippen LogP) is 1.68. The number of hydrogen-bond donors (Lipinski definition) is 2. The molecule has 0 saturated heterocycles. The Hall–Kier alpha value is -0.620. The first kappa shape index (κ1) is 12.4. The zero-order valence-corrected chi connectivity index (χ0v) is 11.0. The van der Waals surface area contributed by atoms with Crippen LogP contribution in [0.1, 0.15) is 22.8 Å². The van der Waals surface area contributed by atoms with Crippen molar-refractivity contribution < 1.29 is 4.79 Å². The van der Waals surface area contributed by atoms with Crippen molar-refractivity contribution in [2.24, 2.45) is 5.73 Å². The second-order valence-electron chi connectivity index (χ2n) is 3.52. The third kappa shape index (κ3) is 3.17. The van der Waals surface area contributed by atoms with Gasteiger partial charge in [0.2, 0.25) is 0 Å². The van der Waals surface area contributed by atoms with E-state index in [0.717, 1.165) is 14.7 Å². The Bertz CT molecular complexity index is 366. The van der Waals surface area contributed by atoms with Gasteiger partial charge in [-0.15, -0.1) is 0 Å². The van der Waals surface area contributed by atoms with Crippen molar-refractivity contribution in [3.05, 3.63) is 32.9 Å².